The number of piperidine rings is 1. The van der Waals surface area contributed by atoms with Crippen LogP contribution in [0.1, 0.15) is 29.0 Å². The number of nitrogens with one attached hydrogen (secondary N) is 1. The summed E-state index contributed by atoms with van der Waals surface area (Å²) in [7, 11) is 0. The number of fused-ring (bicyclic) bond motifs is 1. The highest BCUT2D eigenvalue weighted by Gasteiger charge is 2.36. The fraction of sp³-hybridized carbons (Fsp3) is 0.286. The molecule has 0 radical (unpaired) electrons. The summed E-state index contributed by atoms with van der Waals surface area (Å²) in [6.07, 6.45) is -3.36. The number of aromatic nitrogens is 2. The third-order valence-corrected chi connectivity index (χ3v) is 5.00. The van der Waals surface area contributed by atoms with Crippen molar-refractivity contribution in [2.75, 3.05) is 18.0 Å². The molecule has 1 aliphatic rings. The largest absolute Gasteiger partial charge is 0.451 e. The van der Waals surface area contributed by atoms with Crippen LogP contribution in [0.2, 0.25) is 0 Å². The van der Waals surface area contributed by atoms with Crippen molar-refractivity contribution >= 4 is 22.6 Å². The van der Waals surface area contributed by atoms with Crippen molar-refractivity contribution in [1.29, 1.82) is 0 Å². The number of halogens is 3. The topological polar surface area (TPSA) is 58.1 Å². The quantitative estimate of drug-likeness (QED) is 0.721. The molecule has 4 rings (SSSR count). The van der Waals surface area contributed by atoms with Crippen molar-refractivity contribution in [1.82, 2.24) is 15.3 Å². The van der Waals surface area contributed by atoms with Gasteiger partial charge in [0.25, 0.3) is 5.91 Å². The van der Waals surface area contributed by atoms with Crippen LogP contribution >= 0.6 is 0 Å². The van der Waals surface area contributed by atoms with Gasteiger partial charge in [0.05, 0.1) is 5.52 Å². The van der Waals surface area contributed by atoms with Crippen molar-refractivity contribution in [2.45, 2.75) is 25.1 Å². The van der Waals surface area contributed by atoms with Crippen molar-refractivity contribution in [2.24, 2.45) is 0 Å². The summed E-state index contributed by atoms with van der Waals surface area (Å²) in [4.78, 5) is 21.7. The van der Waals surface area contributed by atoms with Crippen LogP contribution in [0.5, 0.6) is 0 Å². The molecular formula is C21H19F3N4O. The average Bonchev–Trinajstić information content (AvgIpc) is 2.73. The number of para-hydroxylation sites is 1. The fourth-order valence-corrected chi connectivity index (χ4v) is 3.52. The molecule has 0 saturated carbocycles. The maximum atomic E-state index is 13.2. The van der Waals surface area contributed by atoms with Gasteiger partial charge in [-0.3, -0.25) is 4.79 Å². The highest BCUT2D eigenvalue weighted by molar-refractivity contribution is 5.94. The number of rotatable bonds is 3. The van der Waals surface area contributed by atoms with E-state index in [9.17, 15) is 18.0 Å². The van der Waals surface area contributed by atoms with Crippen LogP contribution in [0.25, 0.3) is 10.9 Å². The van der Waals surface area contributed by atoms with Crippen LogP contribution < -0.4 is 10.2 Å². The van der Waals surface area contributed by atoms with Crippen molar-refractivity contribution in [3.05, 3.63) is 66.0 Å². The predicted octanol–water partition coefficient (Wildman–Crippen LogP) is 4.05. The molecule has 1 aliphatic heterocycles. The summed E-state index contributed by atoms with van der Waals surface area (Å²) in [5.41, 5.74) is 0.857. The Balaban J connectivity index is 1.51. The minimum Gasteiger partial charge on any atom is -0.356 e. The number of hydrogen-bond acceptors (Lipinski definition) is 4. The Bertz CT molecular complexity index is 1020. The van der Waals surface area contributed by atoms with E-state index in [0.29, 0.717) is 36.9 Å². The molecule has 3 aromatic rings. The summed E-state index contributed by atoms with van der Waals surface area (Å²) < 4.78 is 39.7. The van der Waals surface area contributed by atoms with Gasteiger partial charge in [-0.15, -0.1) is 0 Å². The first-order valence-corrected chi connectivity index (χ1v) is 9.36. The zero-order valence-electron chi connectivity index (χ0n) is 15.5. The minimum absolute atomic E-state index is 0.0332. The molecule has 1 aromatic heterocycles. The SMILES string of the molecule is O=C(NC1CCN(c2nc(C(F)(F)F)nc3ccccc23)CC1)c1ccccc1. The predicted molar refractivity (Wildman–Crippen MR) is 104 cm³/mol. The first kappa shape index (κ1) is 19.2. The molecule has 1 N–H and O–H groups in total. The fourth-order valence-electron chi connectivity index (χ4n) is 3.52. The van der Waals surface area contributed by atoms with Gasteiger partial charge in [-0.1, -0.05) is 30.3 Å². The number of anilines is 1. The van der Waals surface area contributed by atoms with E-state index in [0.717, 1.165) is 0 Å². The number of amides is 1. The van der Waals surface area contributed by atoms with Crippen LogP contribution in [0.4, 0.5) is 19.0 Å². The number of carbonyl (C=O) groups is 1. The number of alkyl halides is 3. The molecule has 29 heavy (non-hydrogen) atoms. The molecule has 1 fully saturated rings. The Morgan fingerprint density at radius 3 is 2.31 bits per heavy atom. The molecule has 2 heterocycles. The second kappa shape index (κ2) is 7.69. The van der Waals surface area contributed by atoms with Crippen LogP contribution in [-0.2, 0) is 6.18 Å². The maximum Gasteiger partial charge on any atom is 0.451 e. The monoisotopic (exact) mass is 400 g/mol. The lowest BCUT2D eigenvalue weighted by Crippen LogP contribution is -2.45. The molecule has 1 saturated heterocycles. The number of nitrogens with zero attached hydrogens (tertiary/aromatic N) is 3. The van der Waals surface area contributed by atoms with Gasteiger partial charge in [0, 0.05) is 30.1 Å². The number of carbonyl (C=O) groups excluding carboxylic acids is 1. The van der Waals surface area contributed by atoms with Crippen molar-refractivity contribution in [3.63, 3.8) is 0 Å². The van der Waals surface area contributed by atoms with E-state index >= 15 is 0 Å². The minimum atomic E-state index is -4.61. The molecule has 5 nitrogen and oxygen atoms in total. The Labute approximate surface area is 165 Å². The van der Waals surface area contributed by atoms with Gasteiger partial charge >= 0.3 is 6.18 Å². The summed E-state index contributed by atoms with van der Waals surface area (Å²) in [6, 6.07) is 15.6. The van der Waals surface area contributed by atoms with E-state index in [-0.39, 0.29) is 23.3 Å². The Hall–Kier alpha value is -3.16. The van der Waals surface area contributed by atoms with Gasteiger partial charge in [0.15, 0.2) is 0 Å². The second-order valence-corrected chi connectivity index (χ2v) is 6.99. The van der Waals surface area contributed by atoms with Crippen LogP contribution in [0.15, 0.2) is 54.6 Å². The van der Waals surface area contributed by atoms with Crippen LogP contribution in [0, 0.1) is 0 Å². The molecule has 150 valence electrons. The van der Waals surface area contributed by atoms with Gasteiger partial charge in [-0.2, -0.15) is 13.2 Å². The standard InChI is InChI=1S/C21H19F3N4O/c22-21(23,24)20-26-17-9-5-4-8-16(17)18(27-20)28-12-10-15(11-13-28)25-19(29)14-6-2-1-3-7-14/h1-9,15H,10-13H2,(H,25,29). The highest BCUT2D eigenvalue weighted by Crippen LogP contribution is 2.32. The summed E-state index contributed by atoms with van der Waals surface area (Å²) in [6.45, 7) is 0.996. The summed E-state index contributed by atoms with van der Waals surface area (Å²) in [5, 5.41) is 3.59. The molecule has 0 spiro atoms. The van der Waals surface area contributed by atoms with E-state index in [4.69, 9.17) is 0 Å². The maximum absolute atomic E-state index is 13.2. The van der Waals surface area contributed by atoms with Crippen LogP contribution in [0.3, 0.4) is 0 Å². The van der Waals surface area contributed by atoms with Crippen LogP contribution in [-0.4, -0.2) is 35.0 Å². The summed E-state index contributed by atoms with van der Waals surface area (Å²) >= 11 is 0. The van der Waals surface area contributed by atoms with E-state index in [2.05, 4.69) is 15.3 Å². The first-order chi connectivity index (χ1) is 13.9. The molecule has 2 aromatic carbocycles. The Kier molecular flexibility index (Phi) is 5.08. The van der Waals surface area contributed by atoms with Crippen molar-refractivity contribution < 1.29 is 18.0 Å². The van der Waals surface area contributed by atoms with E-state index in [1.54, 1.807) is 48.5 Å². The molecule has 1 amide bonds. The van der Waals surface area contributed by atoms with Gasteiger partial charge in [-0.05, 0) is 37.1 Å². The van der Waals surface area contributed by atoms with Gasteiger partial charge in [-0.25, -0.2) is 9.97 Å². The molecule has 8 heteroatoms. The van der Waals surface area contributed by atoms with Gasteiger partial charge in [0.2, 0.25) is 5.82 Å². The molecule has 0 aliphatic carbocycles. The number of benzene rings is 2. The highest BCUT2D eigenvalue weighted by atomic mass is 19.4. The zero-order valence-corrected chi connectivity index (χ0v) is 15.5. The van der Waals surface area contributed by atoms with E-state index in [1.807, 2.05) is 11.0 Å². The van der Waals surface area contributed by atoms with E-state index < -0.39 is 12.0 Å². The Morgan fingerprint density at radius 2 is 1.62 bits per heavy atom. The average molecular weight is 400 g/mol. The van der Waals surface area contributed by atoms with Crippen molar-refractivity contribution in [3.8, 4) is 0 Å². The molecule has 0 bridgehead atoms. The Morgan fingerprint density at radius 1 is 0.966 bits per heavy atom. The van der Waals surface area contributed by atoms with Gasteiger partial charge in [0.1, 0.15) is 5.82 Å². The lowest BCUT2D eigenvalue weighted by molar-refractivity contribution is -0.144. The zero-order chi connectivity index (χ0) is 20.4. The third-order valence-electron chi connectivity index (χ3n) is 5.00. The number of hydrogen-bond donors (Lipinski definition) is 1. The van der Waals surface area contributed by atoms with Gasteiger partial charge < -0.3 is 10.2 Å². The molecule has 0 unspecified atom stereocenters. The second-order valence-electron chi connectivity index (χ2n) is 6.99. The lowest BCUT2D eigenvalue weighted by atomic mass is 10.0. The lowest BCUT2D eigenvalue weighted by Gasteiger charge is -2.34. The van der Waals surface area contributed by atoms with E-state index in [1.165, 1.54) is 0 Å². The normalized spacial score (nSPS) is 15.5. The first-order valence-electron chi connectivity index (χ1n) is 9.36. The molecule has 0 atom stereocenters. The summed E-state index contributed by atoms with van der Waals surface area (Å²) in [5.74, 6) is -0.989. The molecular weight excluding hydrogens is 381 g/mol. The smallest absolute Gasteiger partial charge is 0.356 e. The third kappa shape index (κ3) is 4.16.